The highest BCUT2D eigenvalue weighted by Gasteiger charge is 2.19. The van der Waals surface area contributed by atoms with Crippen molar-refractivity contribution in [3.63, 3.8) is 0 Å². The molecule has 0 spiro atoms. The van der Waals surface area contributed by atoms with Crippen molar-refractivity contribution >= 4 is 17.5 Å². The fourth-order valence-electron chi connectivity index (χ4n) is 1.14. The summed E-state index contributed by atoms with van der Waals surface area (Å²) in [5, 5.41) is 12.8. The van der Waals surface area contributed by atoms with Crippen molar-refractivity contribution < 1.29 is 9.90 Å². The average Bonchev–Trinajstić information content (AvgIpc) is 2.27. The van der Waals surface area contributed by atoms with Gasteiger partial charge in [-0.2, -0.15) is 0 Å². The van der Waals surface area contributed by atoms with Crippen LogP contribution < -0.4 is 5.32 Å². The molecule has 3 nitrogen and oxygen atoms in total. The highest BCUT2D eigenvalue weighted by molar-refractivity contribution is 6.33. The zero-order valence-electron chi connectivity index (χ0n) is 9.46. The van der Waals surface area contributed by atoms with Crippen molar-refractivity contribution in [1.82, 2.24) is 5.32 Å². The molecule has 88 valence electrons. The average molecular weight is 242 g/mol. The fourth-order valence-corrected chi connectivity index (χ4v) is 1.36. The van der Waals surface area contributed by atoms with Crippen molar-refractivity contribution in [3.8, 4) is 0 Å². The number of hydrogen-bond acceptors (Lipinski definition) is 2. The molecule has 1 amide bonds. The van der Waals surface area contributed by atoms with Crippen LogP contribution in [-0.4, -0.2) is 23.2 Å². The van der Waals surface area contributed by atoms with Crippen molar-refractivity contribution in [3.05, 3.63) is 34.9 Å². The zero-order valence-corrected chi connectivity index (χ0v) is 10.2. The maximum Gasteiger partial charge on any atom is 0.252 e. The summed E-state index contributed by atoms with van der Waals surface area (Å²) in [6, 6.07) is 6.83. The summed E-state index contributed by atoms with van der Waals surface area (Å²) in [4.78, 5) is 11.7. The van der Waals surface area contributed by atoms with Crippen LogP contribution in [0.25, 0.3) is 0 Å². The van der Waals surface area contributed by atoms with Gasteiger partial charge < -0.3 is 10.4 Å². The minimum atomic E-state index is -0.878. The Hall–Kier alpha value is -1.06. The van der Waals surface area contributed by atoms with E-state index in [1.165, 1.54) is 0 Å². The van der Waals surface area contributed by atoms with Crippen molar-refractivity contribution in [2.45, 2.75) is 25.9 Å². The Morgan fingerprint density at radius 3 is 2.69 bits per heavy atom. The lowest BCUT2D eigenvalue weighted by atomic mass is 10.0. The third kappa shape index (κ3) is 3.51. The first-order valence-corrected chi connectivity index (χ1v) is 5.59. The molecule has 0 fully saturated rings. The zero-order chi connectivity index (χ0) is 12.2. The van der Waals surface area contributed by atoms with Crippen molar-refractivity contribution in [2.75, 3.05) is 6.54 Å². The van der Waals surface area contributed by atoms with Gasteiger partial charge in [-0.25, -0.2) is 0 Å². The first-order chi connectivity index (χ1) is 7.46. The van der Waals surface area contributed by atoms with Gasteiger partial charge in [0, 0.05) is 6.54 Å². The summed E-state index contributed by atoms with van der Waals surface area (Å²) in [6.07, 6.45) is 0.579. The van der Waals surface area contributed by atoms with E-state index in [1.807, 2.05) is 6.92 Å². The maximum absolute atomic E-state index is 11.7. The van der Waals surface area contributed by atoms with Crippen LogP contribution in [0, 0.1) is 0 Å². The number of rotatable bonds is 4. The Balaban J connectivity index is 2.64. The molecule has 4 heteroatoms. The van der Waals surface area contributed by atoms with Crippen LogP contribution in [-0.2, 0) is 0 Å². The largest absolute Gasteiger partial charge is 0.388 e. The van der Waals surface area contributed by atoms with Crippen molar-refractivity contribution in [2.24, 2.45) is 0 Å². The summed E-state index contributed by atoms with van der Waals surface area (Å²) < 4.78 is 0. The van der Waals surface area contributed by atoms with Crippen LogP contribution >= 0.6 is 11.6 Å². The van der Waals surface area contributed by atoms with Crippen LogP contribution in [0.15, 0.2) is 24.3 Å². The lowest BCUT2D eigenvalue weighted by Gasteiger charge is -2.21. The molecule has 0 aliphatic carbocycles. The van der Waals surface area contributed by atoms with Crippen LogP contribution in [0.1, 0.15) is 30.6 Å². The van der Waals surface area contributed by atoms with Gasteiger partial charge in [-0.1, -0.05) is 30.7 Å². The van der Waals surface area contributed by atoms with E-state index < -0.39 is 5.60 Å². The van der Waals surface area contributed by atoms with Crippen LogP contribution in [0.4, 0.5) is 0 Å². The molecule has 0 heterocycles. The van der Waals surface area contributed by atoms with E-state index in [2.05, 4.69) is 5.32 Å². The SMILES string of the molecule is CCC(C)(O)CNC(=O)c1ccccc1Cl. The molecule has 0 saturated heterocycles. The fraction of sp³-hybridized carbons (Fsp3) is 0.417. The Morgan fingerprint density at radius 1 is 1.50 bits per heavy atom. The molecule has 16 heavy (non-hydrogen) atoms. The van der Waals surface area contributed by atoms with E-state index in [1.54, 1.807) is 31.2 Å². The lowest BCUT2D eigenvalue weighted by molar-refractivity contribution is 0.0518. The number of benzene rings is 1. The van der Waals surface area contributed by atoms with E-state index in [-0.39, 0.29) is 12.5 Å². The molecule has 1 aromatic rings. The summed E-state index contributed by atoms with van der Waals surface area (Å²) in [5.74, 6) is -0.265. The Labute approximate surface area is 100 Å². The van der Waals surface area contributed by atoms with Crippen LogP contribution in [0.2, 0.25) is 5.02 Å². The van der Waals surface area contributed by atoms with E-state index in [0.29, 0.717) is 17.0 Å². The minimum absolute atomic E-state index is 0.216. The molecule has 1 atom stereocenters. The highest BCUT2D eigenvalue weighted by atomic mass is 35.5. The summed E-state index contributed by atoms with van der Waals surface area (Å²) in [6.45, 7) is 3.76. The number of aliphatic hydroxyl groups is 1. The number of hydrogen-bond donors (Lipinski definition) is 2. The topological polar surface area (TPSA) is 49.3 Å². The van der Waals surface area contributed by atoms with E-state index >= 15 is 0 Å². The van der Waals surface area contributed by atoms with Crippen molar-refractivity contribution in [1.29, 1.82) is 0 Å². The Bertz CT molecular complexity index is 377. The van der Waals surface area contributed by atoms with E-state index in [4.69, 9.17) is 11.6 Å². The van der Waals surface area contributed by atoms with Gasteiger partial charge in [-0.3, -0.25) is 4.79 Å². The summed E-state index contributed by atoms with van der Waals surface area (Å²) >= 11 is 5.88. The monoisotopic (exact) mass is 241 g/mol. The molecule has 0 aliphatic heterocycles. The predicted molar refractivity (Wildman–Crippen MR) is 64.7 cm³/mol. The Morgan fingerprint density at radius 2 is 2.12 bits per heavy atom. The molecule has 0 saturated carbocycles. The van der Waals surface area contributed by atoms with Gasteiger partial charge in [-0.15, -0.1) is 0 Å². The van der Waals surface area contributed by atoms with E-state index in [9.17, 15) is 9.90 Å². The molecule has 1 unspecified atom stereocenters. The number of carbonyl (C=O) groups excluding carboxylic acids is 1. The molecular weight excluding hydrogens is 226 g/mol. The smallest absolute Gasteiger partial charge is 0.252 e. The van der Waals surface area contributed by atoms with Gasteiger partial charge in [0.1, 0.15) is 0 Å². The molecule has 0 radical (unpaired) electrons. The first kappa shape index (κ1) is 13.0. The molecule has 0 bridgehead atoms. The predicted octanol–water partition coefficient (Wildman–Crippen LogP) is 2.23. The number of carbonyl (C=O) groups is 1. The number of amides is 1. The normalized spacial score (nSPS) is 14.2. The first-order valence-electron chi connectivity index (χ1n) is 5.21. The van der Waals surface area contributed by atoms with Gasteiger partial charge in [0.2, 0.25) is 0 Å². The maximum atomic E-state index is 11.7. The van der Waals surface area contributed by atoms with Crippen LogP contribution in [0.3, 0.4) is 0 Å². The van der Waals surface area contributed by atoms with Crippen LogP contribution in [0.5, 0.6) is 0 Å². The second-order valence-electron chi connectivity index (χ2n) is 4.01. The highest BCUT2D eigenvalue weighted by Crippen LogP contribution is 2.15. The standard InChI is InChI=1S/C12H16ClNO2/c1-3-12(2,16)8-14-11(15)9-6-4-5-7-10(9)13/h4-7,16H,3,8H2,1-2H3,(H,14,15). The third-order valence-electron chi connectivity index (χ3n) is 2.51. The second kappa shape index (κ2) is 5.32. The third-order valence-corrected chi connectivity index (χ3v) is 2.84. The number of nitrogens with one attached hydrogen (secondary N) is 1. The van der Waals surface area contributed by atoms with Gasteiger partial charge in [0.15, 0.2) is 0 Å². The quantitative estimate of drug-likeness (QED) is 0.849. The molecule has 0 aliphatic rings. The number of halogens is 1. The summed E-state index contributed by atoms with van der Waals surface area (Å²) in [5.41, 5.74) is -0.451. The van der Waals surface area contributed by atoms with Gasteiger partial charge >= 0.3 is 0 Å². The molecular formula is C12H16ClNO2. The molecule has 1 aromatic carbocycles. The minimum Gasteiger partial charge on any atom is -0.388 e. The Kier molecular flexibility index (Phi) is 4.33. The molecule has 0 aromatic heterocycles. The van der Waals surface area contributed by atoms with E-state index in [0.717, 1.165) is 0 Å². The van der Waals surface area contributed by atoms with Gasteiger partial charge in [0.25, 0.3) is 5.91 Å². The van der Waals surface area contributed by atoms with Gasteiger partial charge in [-0.05, 0) is 25.5 Å². The second-order valence-corrected chi connectivity index (χ2v) is 4.42. The lowest BCUT2D eigenvalue weighted by Crippen LogP contribution is -2.40. The molecule has 2 N–H and O–H groups in total. The van der Waals surface area contributed by atoms with Gasteiger partial charge in [0.05, 0.1) is 16.2 Å². The summed E-state index contributed by atoms with van der Waals surface area (Å²) in [7, 11) is 0. The molecule has 1 rings (SSSR count).